The second kappa shape index (κ2) is 5.77. The highest BCUT2D eigenvalue weighted by Crippen LogP contribution is 2.23. The van der Waals surface area contributed by atoms with E-state index >= 15 is 0 Å². The van der Waals surface area contributed by atoms with Crippen molar-refractivity contribution in [3.8, 4) is 11.3 Å². The van der Waals surface area contributed by atoms with Crippen LogP contribution in [-0.2, 0) is 4.79 Å². The van der Waals surface area contributed by atoms with Gasteiger partial charge >= 0.3 is 0 Å². The predicted molar refractivity (Wildman–Crippen MR) is 84.4 cm³/mol. The molecule has 0 spiro atoms. The average molecular weight is 293 g/mol. The van der Waals surface area contributed by atoms with Gasteiger partial charge in [-0.05, 0) is 24.3 Å². The van der Waals surface area contributed by atoms with Crippen LogP contribution in [0.4, 0.5) is 5.69 Å². The maximum Gasteiger partial charge on any atom is 0.224 e. The van der Waals surface area contributed by atoms with Crippen LogP contribution in [0.25, 0.3) is 16.9 Å². The summed E-state index contributed by atoms with van der Waals surface area (Å²) in [5.41, 5.74) is 3.21. The Morgan fingerprint density at radius 2 is 2.23 bits per heavy atom. The summed E-state index contributed by atoms with van der Waals surface area (Å²) < 4.78 is 1.62. The summed E-state index contributed by atoms with van der Waals surface area (Å²) in [6.45, 7) is 5.70. The van der Waals surface area contributed by atoms with E-state index in [1.807, 2.05) is 36.4 Å². The van der Waals surface area contributed by atoms with Crippen LogP contribution in [0.5, 0.6) is 0 Å². The van der Waals surface area contributed by atoms with Crippen molar-refractivity contribution in [1.82, 2.24) is 19.8 Å². The van der Waals surface area contributed by atoms with Crippen molar-refractivity contribution in [2.45, 2.75) is 6.92 Å². The van der Waals surface area contributed by atoms with E-state index in [4.69, 9.17) is 0 Å². The number of aromatic nitrogens is 4. The van der Waals surface area contributed by atoms with Gasteiger partial charge in [0.05, 0.1) is 5.69 Å². The summed E-state index contributed by atoms with van der Waals surface area (Å²) >= 11 is 0. The first-order valence-corrected chi connectivity index (χ1v) is 6.85. The molecule has 110 valence electrons. The normalized spacial score (nSPS) is 10.6. The number of anilines is 1. The van der Waals surface area contributed by atoms with Crippen molar-refractivity contribution >= 4 is 17.2 Å². The van der Waals surface area contributed by atoms with Gasteiger partial charge in [-0.1, -0.05) is 18.2 Å². The molecule has 0 aliphatic carbocycles. The van der Waals surface area contributed by atoms with Crippen molar-refractivity contribution in [3.63, 3.8) is 0 Å². The molecule has 0 bridgehead atoms. The molecule has 3 rings (SSSR count). The minimum atomic E-state index is -0.0285. The molecular formula is C16H15N5O. The number of nitrogens with zero attached hydrogens (tertiary/aromatic N) is 5. The lowest BCUT2D eigenvalue weighted by molar-refractivity contribution is -0.116. The number of rotatable bonds is 4. The standard InChI is InChI=1S/C16H15N5O/c1-3-9-20(12(2)22)14-6-4-5-13(10-14)15-7-8-16-18-17-11-21(16)19-15/h3-8,10-11H,1,9H2,2H3. The largest absolute Gasteiger partial charge is 0.309 e. The second-order valence-corrected chi connectivity index (χ2v) is 4.82. The lowest BCUT2D eigenvalue weighted by atomic mass is 10.1. The molecular weight excluding hydrogens is 278 g/mol. The number of benzene rings is 1. The van der Waals surface area contributed by atoms with Gasteiger partial charge in [-0.2, -0.15) is 9.61 Å². The molecule has 3 aromatic rings. The van der Waals surface area contributed by atoms with Crippen LogP contribution < -0.4 is 4.90 Å². The number of carbonyl (C=O) groups excluding carboxylic acids is 1. The molecule has 0 atom stereocenters. The Morgan fingerprint density at radius 3 is 3.00 bits per heavy atom. The Labute approximate surface area is 127 Å². The van der Waals surface area contributed by atoms with Gasteiger partial charge in [0, 0.05) is 24.7 Å². The van der Waals surface area contributed by atoms with Gasteiger partial charge in [0.2, 0.25) is 5.91 Å². The second-order valence-electron chi connectivity index (χ2n) is 4.82. The van der Waals surface area contributed by atoms with E-state index < -0.39 is 0 Å². The van der Waals surface area contributed by atoms with Crippen LogP contribution >= 0.6 is 0 Å². The molecule has 22 heavy (non-hydrogen) atoms. The maximum absolute atomic E-state index is 11.8. The number of amides is 1. The molecule has 6 nitrogen and oxygen atoms in total. The minimum absolute atomic E-state index is 0.0285. The first-order chi connectivity index (χ1) is 10.7. The first-order valence-electron chi connectivity index (χ1n) is 6.85. The SMILES string of the molecule is C=CCN(C(C)=O)c1cccc(-c2ccc3nncn3n2)c1. The van der Waals surface area contributed by atoms with Crippen LogP contribution in [-0.4, -0.2) is 32.3 Å². The lowest BCUT2D eigenvalue weighted by Gasteiger charge is -2.20. The topological polar surface area (TPSA) is 63.4 Å². The minimum Gasteiger partial charge on any atom is -0.309 e. The Kier molecular flexibility index (Phi) is 3.65. The molecule has 0 saturated heterocycles. The van der Waals surface area contributed by atoms with Crippen LogP contribution in [0.3, 0.4) is 0 Å². The maximum atomic E-state index is 11.8. The van der Waals surface area contributed by atoms with E-state index in [0.29, 0.717) is 12.2 Å². The predicted octanol–water partition coefficient (Wildman–Crippen LogP) is 2.33. The van der Waals surface area contributed by atoms with Crippen molar-refractivity contribution < 1.29 is 4.79 Å². The molecule has 0 aliphatic heterocycles. The zero-order chi connectivity index (χ0) is 15.5. The summed E-state index contributed by atoms with van der Waals surface area (Å²) in [4.78, 5) is 13.4. The zero-order valence-corrected chi connectivity index (χ0v) is 12.2. The highest BCUT2D eigenvalue weighted by atomic mass is 16.2. The summed E-state index contributed by atoms with van der Waals surface area (Å²) in [6.07, 6.45) is 3.26. The van der Waals surface area contributed by atoms with Crippen molar-refractivity contribution in [3.05, 3.63) is 55.4 Å². The Bertz CT molecular complexity index is 839. The Balaban J connectivity index is 2.02. The van der Waals surface area contributed by atoms with E-state index in [0.717, 1.165) is 16.9 Å². The van der Waals surface area contributed by atoms with Crippen LogP contribution in [0.2, 0.25) is 0 Å². The van der Waals surface area contributed by atoms with Crippen LogP contribution in [0.1, 0.15) is 6.92 Å². The van der Waals surface area contributed by atoms with Crippen LogP contribution in [0.15, 0.2) is 55.4 Å². The average Bonchev–Trinajstić information content (AvgIpc) is 3.00. The lowest BCUT2D eigenvalue weighted by Crippen LogP contribution is -2.28. The quantitative estimate of drug-likeness (QED) is 0.693. The van der Waals surface area contributed by atoms with Gasteiger partial charge < -0.3 is 4.90 Å². The van der Waals surface area contributed by atoms with E-state index in [1.54, 1.807) is 21.8 Å². The Morgan fingerprint density at radius 1 is 1.36 bits per heavy atom. The molecule has 0 aliphatic rings. The monoisotopic (exact) mass is 293 g/mol. The molecule has 0 unspecified atom stereocenters. The van der Waals surface area contributed by atoms with Crippen molar-refractivity contribution in [1.29, 1.82) is 0 Å². The Hall–Kier alpha value is -3.02. The molecule has 0 N–H and O–H groups in total. The molecule has 6 heteroatoms. The van der Waals surface area contributed by atoms with E-state index in [2.05, 4.69) is 21.9 Å². The summed E-state index contributed by atoms with van der Waals surface area (Å²) in [5.74, 6) is -0.0285. The van der Waals surface area contributed by atoms with Gasteiger partial charge in [0.25, 0.3) is 0 Å². The third-order valence-electron chi connectivity index (χ3n) is 3.31. The number of hydrogen-bond donors (Lipinski definition) is 0. The van der Waals surface area contributed by atoms with Gasteiger partial charge in [-0.25, -0.2) is 0 Å². The summed E-state index contributed by atoms with van der Waals surface area (Å²) in [5, 5.41) is 12.2. The molecule has 0 fully saturated rings. The van der Waals surface area contributed by atoms with Gasteiger partial charge in [0.1, 0.15) is 6.33 Å². The van der Waals surface area contributed by atoms with Gasteiger partial charge in [-0.3, -0.25) is 4.79 Å². The molecule has 2 heterocycles. The number of fused-ring (bicyclic) bond motifs is 1. The molecule has 1 aromatic carbocycles. The fraction of sp³-hybridized carbons (Fsp3) is 0.125. The number of carbonyl (C=O) groups is 1. The fourth-order valence-corrected chi connectivity index (χ4v) is 2.26. The smallest absolute Gasteiger partial charge is 0.224 e. The van der Waals surface area contributed by atoms with E-state index in [-0.39, 0.29) is 5.91 Å². The third-order valence-corrected chi connectivity index (χ3v) is 3.31. The van der Waals surface area contributed by atoms with Crippen LogP contribution in [0, 0.1) is 0 Å². The first kappa shape index (κ1) is 13.9. The number of hydrogen-bond acceptors (Lipinski definition) is 4. The van der Waals surface area contributed by atoms with Crippen molar-refractivity contribution in [2.75, 3.05) is 11.4 Å². The molecule has 2 aromatic heterocycles. The molecule has 1 amide bonds. The summed E-state index contributed by atoms with van der Waals surface area (Å²) in [6, 6.07) is 11.4. The zero-order valence-electron chi connectivity index (χ0n) is 12.2. The van der Waals surface area contributed by atoms with Gasteiger partial charge in [-0.15, -0.1) is 16.8 Å². The van der Waals surface area contributed by atoms with E-state index in [9.17, 15) is 4.79 Å². The highest BCUT2D eigenvalue weighted by Gasteiger charge is 2.11. The third kappa shape index (κ3) is 2.58. The summed E-state index contributed by atoms with van der Waals surface area (Å²) in [7, 11) is 0. The van der Waals surface area contributed by atoms with Crippen molar-refractivity contribution in [2.24, 2.45) is 0 Å². The fourth-order valence-electron chi connectivity index (χ4n) is 2.26. The highest BCUT2D eigenvalue weighted by molar-refractivity contribution is 5.92. The van der Waals surface area contributed by atoms with Gasteiger partial charge in [0.15, 0.2) is 5.65 Å². The molecule has 0 radical (unpaired) electrons. The van der Waals surface area contributed by atoms with E-state index in [1.165, 1.54) is 6.92 Å². The molecule has 0 saturated carbocycles.